The summed E-state index contributed by atoms with van der Waals surface area (Å²) >= 11 is 2.18. The van der Waals surface area contributed by atoms with Gasteiger partial charge in [0.2, 0.25) is 0 Å². The van der Waals surface area contributed by atoms with Gasteiger partial charge < -0.3 is 10.2 Å². The Balaban J connectivity index is 3.66. The number of hydrogen-bond donors (Lipinski definition) is 2. The van der Waals surface area contributed by atoms with Gasteiger partial charge >= 0.3 is 18.3 Å². The van der Waals surface area contributed by atoms with Gasteiger partial charge in [-0.15, -0.1) is 0 Å². The van der Waals surface area contributed by atoms with Gasteiger partial charge in [-0.3, -0.25) is 0 Å². The summed E-state index contributed by atoms with van der Waals surface area (Å²) in [5, 5.41) is 17.6. The maximum Gasteiger partial charge on any atom is 0.417 e. The third kappa shape index (κ3) is 3.23. The molecule has 2 N–H and O–H groups in total. The number of carbonyl (C=O) groups is 1. The Kier molecular flexibility index (Phi) is 4.39. The number of aliphatic hydroxyl groups excluding tert-OH is 1. The van der Waals surface area contributed by atoms with Crippen LogP contribution in [0.4, 0.5) is 26.3 Å². The number of rotatable bonds is 2. The molecule has 20 heavy (non-hydrogen) atoms. The lowest BCUT2D eigenvalue weighted by atomic mass is 9.98. The van der Waals surface area contributed by atoms with Crippen molar-refractivity contribution in [3.05, 3.63) is 33.3 Å². The van der Waals surface area contributed by atoms with Crippen molar-refractivity contribution in [1.29, 1.82) is 0 Å². The van der Waals surface area contributed by atoms with E-state index in [9.17, 15) is 31.1 Å². The Morgan fingerprint density at radius 2 is 1.60 bits per heavy atom. The zero-order valence-electron chi connectivity index (χ0n) is 9.18. The van der Waals surface area contributed by atoms with Gasteiger partial charge in [-0.25, -0.2) is 4.79 Å². The molecule has 0 spiro atoms. The van der Waals surface area contributed by atoms with Crippen LogP contribution in [0, 0.1) is 0 Å². The van der Waals surface area contributed by atoms with Gasteiger partial charge in [-0.2, -0.15) is 26.3 Å². The summed E-state index contributed by atoms with van der Waals surface area (Å²) in [7, 11) is 0. The van der Waals surface area contributed by atoms with Crippen LogP contribution in [0.5, 0.6) is 0 Å². The highest BCUT2D eigenvalue weighted by Gasteiger charge is 2.43. The molecule has 0 heterocycles. The molecule has 112 valence electrons. The molecule has 0 amide bonds. The number of aliphatic hydroxyl groups is 1. The van der Waals surface area contributed by atoms with E-state index in [0.29, 0.717) is 0 Å². The van der Waals surface area contributed by atoms with Gasteiger partial charge in [0.15, 0.2) is 6.10 Å². The summed E-state index contributed by atoms with van der Waals surface area (Å²) in [6, 6.07) is 0.552. The second-order valence-electron chi connectivity index (χ2n) is 3.63. The summed E-state index contributed by atoms with van der Waals surface area (Å²) in [5.41, 5.74) is -4.67. The molecule has 3 nitrogen and oxygen atoms in total. The van der Waals surface area contributed by atoms with Gasteiger partial charge in [0.05, 0.1) is 11.1 Å². The Labute approximate surface area is 116 Å². The van der Waals surface area contributed by atoms with Crippen molar-refractivity contribution in [3.8, 4) is 0 Å². The molecule has 0 fully saturated rings. The van der Waals surface area contributed by atoms with Crippen LogP contribution in [0.2, 0.25) is 0 Å². The quantitative estimate of drug-likeness (QED) is 0.786. The molecule has 0 saturated carbocycles. The van der Waals surface area contributed by atoms with Crippen molar-refractivity contribution in [1.82, 2.24) is 0 Å². The number of carboxylic acid groups (broad SMARTS) is 1. The van der Waals surface area contributed by atoms with Gasteiger partial charge in [-0.1, -0.05) is 6.07 Å². The van der Waals surface area contributed by atoms with Gasteiger partial charge in [0.1, 0.15) is 0 Å². The van der Waals surface area contributed by atoms with Crippen molar-refractivity contribution >= 4 is 21.9 Å². The van der Waals surface area contributed by atoms with Crippen LogP contribution in [-0.2, 0) is 17.1 Å². The number of benzene rings is 1. The molecule has 1 aromatic carbocycles. The fourth-order valence-corrected chi connectivity index (χ4v) is 2.27. The van der Waals surface area contributed by atoms with E-state index in [2.05, 4.69) is 15.9 Å². The largest absolute Gasteiger partial charge is 0.479 e. The zero-order chi connectivity index (χ0) is 15.9. The van der Waals surface area contributed by atoms with Crippen molar-refractivity contribution in [3.63, 3.8) is 0 Å². The number of aliphatic carboxylic acids is 1. The van der Waals surface area contributed by atoms with E-state index < -0.39 is 45.6 Å². The predicted octanol–water partition coefficient (Wildman–Crippen LogP) is 3.60. The van der Waals surface area contributed by atoms with E-state index in [-0.39, 0.29) is 12.1 Å². The van der Waals surface area contributed by atoms with Crippen molar-refractivity contribution in [2.24, 2.45) is 0 Å². The van der Waals surface area contributed by atoms with Crippen LogP contribution in [0.15, 0.2) is 16.6 Å². The molecule has 1 atom stereocenters. The summed E-state index contributed by atoms with van der Waals surface area (Å²) in [6.45, 7) is 0. The molecule has 0 saturated heterocycles. The monoisotopic (exact) mass is 366 g/mol. The average molecular weight is 367 g/mol. The normalized spacial score (nSPS) is 14.2. The van der Waals surface area contributed by atoms with Crippen molar-refractivity contribution in [2.75, 3.05) is 0 Å². The van der Waals surface area contributed by atoms with Crippen LogP contribution >= 0.6 is 15.9 Å². The first-order chi connectivity index (χ1) is 8.87. The SMILES string of the molecule is O=C(O)C(O)c1ccc(C(F)(F)F)c(Br)c1C(F)(F)F. The minimum atomic E-state index is -5.27. The van der Waals surface area contributed by atoms with Crippen LogP contribution in [0.25, 0.3) is 0 Å². The molecule has 1 unspecified atom stereocenters. The fraction of sp³-hybridized carbons (Fsp3) is 0.300. The minimum Gasteiger partial charge on any atom is -0.479 e. The standard InChI is InChI=1S/C10H5BrF6O3/c11-6-4(9(12,13)14)2-1-3(7(18)8(19)20)5(6)10(15,16)17/h1-2,7,18H,(H,19,20). The Hall–Kier alpha value is -1.29. The van der Waals surface area contributed by atoms with E-state index in [1.165, 1.54) is 0 Å². The summed E-state index contributed by atoms with van der Waals surface area (Å²) in [4.78, 5) is 10.5. The molecule has 0 aliphatic heterocycles. The maximum atomic E-state index is 12.8. The van der Waals surface area contributed by atoms with Crippen molar-refractivity contribution < 1.29 is 41.4 Å². The Morgan fingerprint density at radius 1 is 1.10 bits per heavy atom. The van der Waals surface area contributed by atoms with E-state index in [4.69, 9.17) is 10.2 Å². The molecule has 0 aliphatic carbocycles. The van der Waals surface area contributed by atoms with Gasteiger partial charge in [0, 0.05) is 10.0 Å². The summed E-state index contributed by atoms with van der Waals surface area (Å²) < 4.78 is 74.6. The van der Waals surface area contributed by atoms with Crippen LogP contribution in [0.3, 0.4) is 0 Å². The average Bonchev–Trinajstić information content (AvgIpc) is 2.23. The van der Waals surface area contributed by atoms with Crippen molar-refractivity contribution in [2.45, 2.75) is 18.5 Å². The third-order valence-electron chi connectivity index (χ3n) is 2.29. The first-order valence-electron chi connectivity index (χ1n) is 4.75. The van der Waals surface area contributed by atoms with Gasteiger partial charge in [0.25, 0.3) is 0 Å². The molecule has 0 aliphatic rings. The first-order valence-corrected chi connectivity index (χ1v) is 5.54. The predicted molar refractivity (Wildman–Crippen MR) is 56.7 cm³/mol. The smallest absolute Gasteiger partial charge is 0.417 e. The topological polar surface area (TPSA) is 57.5 Å². The van der Waals surface area contributed by atoms with E-state index >= 15 is 0 Å². The second kappa shape index (κ2) is 5.24. The molecule has 0 bridgehead atoms. The van der Waals surface area contributed by atoms with Gasteiger partial charge in [-0.05, 0) is 22.0 Å². The third-order valence-corrected chi connectivity index (χ3v) is 3.12. The first kappa shape index (κ1) is 16.8. The van der Waals surface area contributed by atoms with Crippen LogP contribution < -0.4 is 0 Å². The molecule has 0 radical (unpaired) electrons. The molecular formula is C10H5BrF6O3. The number of alkyl halides is 6. The highest BCUT2D eigenvalue weighted by atomic mass is 79.9. The van der Waals surface area contributed by atoms with E-state index in [0.717, 1.165) is 0 Å². The Bertz CT molecular complexity index is 537. The summed E-state index contributed by atoms with van der Waals surface area (Å²) in [5.74, 6) is -2.01. The second-order valence-corrected chi connectivity index (χ2v) is 4.42. The molecule has 1 rings (SSSR count). The fourth-order valence-electron chi connectivity index (χ4n) is 1.46. The van der Waals surface area contributed by atoms with Crippen LogP contribution in [0.1, 0.15) is 22.8 Å². The zero-order valence-corrected chi connectivity index (χ0v) is 10.8. The maximum absolute atomic E-state index is 12.8. The summed E-state index contributed by atoms with van der Waals surface area (Å²) in [6.07, 6.45) is -12.9. The highest BCUT2D eigenvalue weighted by molar-refractivity contribution is 9.10. The number of halogens is 7. The Morgan fingerprint density at radius 3 is 1.95 bits per heavy atom. The molecular weight excluding hydrogens is 362 g/mol. The number of carboxylic acids is 1. The molecule has 0 aromatic heterocycles. The molecule has 10 heteroatoms. The lowest BCUT2D eigenvalue weighted by Gasteiger charge is -2.20. The van der Waals surface area contributed by atoms with E-state index in [1.54, 1.807) is 0 Å². The lowest BCUT2D eigenvalue weighted by Crippen LogP contribution is -2.20. The van der Waals surface area contributed by atoms with Crippen LogP contribution in [-0.4, -0.2) is 16.2 Å². The number of hydrogen-bond acceptors (Lipinski definition) is 2. The minimum absolute atomic E-state index is 0.265. The molecule has 1 aromatic rings. The lowest BCUT2D eigenvalue weighted by molar-refractivity contribution is -0.150. The van der Waals surface area contributed by atoms with E-state index in [1.807, 2.05) is 0 Å². The highest BCUT2D eigenvalue weighted by Crippen LogP contribution is 2.45.